The van der Waals surface area contributed by atoms with Gasteiger partial charge in [-0.2, -0.15) is 0 Å². The van der Waals surface area contributed by atoms with Gasteiger partial charge in [0.1, 0.15) is 5.65 Å². The molecule has 4 heterocycles. The lowest BCUT2D eigenvalue weighted by atomic mass is 9.97. The van der Waals surface area contributed by atoms with Gasteiger partial charge >= 0.3 is 0 Å². The molecule has 4 rings (SSSR count). The van der Waals surface area contributed by atoms with Crippen LogP contribution in [0.5, 0.6) is 0 Å². The molecular formula is C19H23N3S. The van der Waals surface area contributed by atoms with Crippen LogP contribution in [0.15, 0.2) is 29.8 Å². The summed E-state index contributed by atoms with van der Waals surface area (Å²) in [6.45, 7) is 8.68. The molecule has 0 spiro atoms. The van der Waals surface area contributed by atoms with E-state index in [9.17, 15) is 0 Å². The molecule has 1 unspecified atom stereocenters. The van der Waals surface area contributed by atoms with Crippen LogP contribution in [0.4, 0.5) is 0 Å². The summed E-state index contributed by atoms with van der Waals surface area (Å²) in [5.74, 6) is 0. The Kier molecular flexibility index (Phi) is 3.74. The van der Waals surface area contributed by atoms with Gasteiger partial charge in [0, 0.05) is 30.2 Å². The Hall–Kier alpha value is -1.65. The summed E-state index contributed by atoms with van der Waals surface area (Å²) in [5, 5.41) is 2.25. The fourth-order valence-corrected chi connectivity index (χ4v) is 4.74. The first-order valence-corrected chi connectivity index (χ1v) is 9.30. The molecule has 0 radical (unpaired) electrons. The average Bonchev–Trinajstić information content (AvgIpc) is 3.12. The van der Waals surface area contributed by atoms with E-state index >= 15 is 0 Å². The monoisotopic (exact) mass is 325 g/mol. The normalized spacial score (nSPS) is 18.5. The van der Waals surface area contributed by atoms with Gasteiger partial charge in [-0.25, -0.2) is 4.98 Å². The van der Waals surface area contributed by atoms with E-state index in [0.717, 1.165) is 24.4 Å². The number of aryl methyl sites for hydroxylation is 2. The second-order valence-electron chi connectivity index (χ2n) is 6.52. The summed E-state index contributed by atoms with van der Waals surface area (Å²) in [6, 6.07) is 7.20. The van der Waals surface area contributed by atoms with Gasteiger partial charge in [0.05, 0.1) is 11.4 Å². The maximum atomic E-state index is 4.76. The fourth-order valence-electron chi connectivity index (χ4n) is 3.81. The maximum absolute atomic E-state index is 4.76. The van der Waals surface area contributed by atoms with Crippen LogP contribution in [0.25, 0.3) is 5.65 Å². The largest absolute Gasteiger partial charge is 0.302 e. The van der Waals surface area contributed by atoms with Crippen LogP contribution >= 0.6 is 11.3 Å². The molecule has 0 amide bonds. The van der Waals surface area contributed by atoms with Gasteiger partial charge in [-0.1, -0.05) is 6.92 Å². The Bertz CT molecular complexity index is 846. The van der Waals surface area contributed by atoms with Crippen molar-refractivity contribution in [3.8, 4) is 0 Å². The van der Waals surface area contributed by atoms with Crippen molar-refractivity contribution in [3.63, 3.8) is 0 Å². The van der Waals surface area contributed by atoms with Gasteiger partial charge in [-0.05, 0) is 61.4 Å². The predicted octanol–water partition coefficient (Wildman–Crippen LogP) is 4.52. The van der Waals surface area contributed by atoms with Crippen LogP contribution < -0.4 is 0 Å². The molecule has 3 aromatic heterocycles. The van der Waals surface area contributed by atoms with Crippen molar-refractivity contribution >= 4 is 17.0 Å². The third-order valence-electron chi connectivity index (χ3n) is 5.03. The van der Waals surface area contributed by atoms with E-state index < -0.39 is 0 Å². The van der Waals surface area contributed by atoms with Crippen molar-refractivity contribution in [1.82, 2.24) is 14.3 Å². The Morgan fingerprint density at radius 1 is 1.30 bits per heavy atom. The lowest BCUT2D eigenvalue weighted by molar-refractivity contribution is 0.170. The third-order valence-corrected chi connectivity index (χ3v) is 6.02. The highest BCUT2D eigenvalue weighted by Gasteiger charge is 2.28. The highest BCUT2D eigenvalue weighted by atomic mass is 32.1. The Balaban J connectivity index is 1.69. The van der Waals surface area contributed by atoms with Crippen LogP contribution in [0.1, 0.15) is 46.8 Å². The van der Waals surface area contributed by atoms with E-state index in [1.54, 1.807) is 10.4 Å². The SMILES string of the molecule is CCC1c2ccsc2CCN1Cc1c(C)nc2cc(C)ccn12. The van der Waals surface area contributed by atoms with E-state index in [1.807, 2.05) is 11.3 Å². The van der Waals surface area contributed by atoms with Gasteiger partial charge in [-0.15, -0.1) is 11.3 Å². The zero-order chi connectivity index (χ0) is 16.0. The summed E-state index contributed by atoms with van der Waals surface area (Å²) in [4.78, 5) is 8.98. The number of imidazole rings is 1. The molecule has 0 aliphatic carbocycles. The molecule has 0 N–H and O–H groups in total. The number of hydrogen-bond acceptors (Lipinski definition) is 3. The van der Waals surface area contributed by atoms with E-state index in [1.165, 1.54) is 24.1 Å². The summed E-state index contributed by atoms with van der Waals surface area (Å²) >= 11 is 1.92. The Morgan fingerprint density at radius 2 is 2.17 bits per heavy atom. The fraction of sp³-hybridized carbons (Fsp3) is 0.421. The molecule has 3 aromatic rings. The molecule has 1 atom stereocenters. The van der Waals surface area contributed by atoms with Crippen molar-refractivity contribution in [1.29, 1.82) is 0 Å². The summed E-state index contributed by atoms with van der Waals surface area (Å²) in [7, 11) is 0. The molecule has 0 fully saturated rings. The number of thiophene rings is 1. The quantitative estimate of drug-likeness (QED) is 0.705. The second kappa shape index (κ2) is 5.77. The molecule has 1 aliphatic rings. The first-order valence-electron chi connectivity index (χ1n) is 8.42. The van der Waals surface area contributed by atoms with Crippen LogP contribution in [-0.4, -0.2) is 20.8 Å². The maximum Gasteiger partial charge on any atom is 0.137 e. The molecule has 0 aromatic carbocycles. The molecule has 0 saturated carbocycles. The van der Waals surface area contributed by atoms with Gasteiger partial charge in [-0.3, -0.25) is 4.90 Å². The number of pyridine rings is 1. The van der Waals surface area contributed by atoms with Crippen molar-refractivity contribution in [2.45, 2.75) is 46.2 Å². The predicted molar refractivity (Wildman–Crippen MR) is 96.1 cm³/mol. The molecular weight excluding hydrogens is 302 g/mol. The van der Waals surface area contributed by atoms with Crippen LogP contribution in [-0.2, 0) is 13.0 Å². The first-order chi connectivity index (χ1) is 11.2. The van der Waals surface area contributed by atoms with Gasteiger partial charge < -0.3 is 4.40 Å². The van der Waals surface area contributed by atoms with E-state index in [-0.39, 0.29) is 0 Å². The van der Waals surface area contributed by atoms with E-state index in [2.05, 4.69) is 59.8 Å². The highest BCUT2D eigenvalue weighted by Crippen LogP contribution is 2.36. The number of aromatic nitrogens is 2. The number of nitrogens with zero attached hydrogens (tertiary/aromatic N) is 3. The lowest BCUT2D eigenvalue weighted by Gasteiger charge is -2.35. The number of hydrogen-bond donors (Lipinski definition) is 0. The number of fused-ring (bicyclic) bond motifs is 2. The van der Waals surface area contributed by atoms with Crippen LogP contribution in [0.2, 0.25) is 0 Å². The van der Waals surface area contributed by atoms with Gasteiger partial charge in [0.25, 0.3) is 0 Å². The van der Waals surface area contributed by atoms with Crippen LogP contribution in [0, 0.1) is 13.8 Å². The minimum Gasteiger partial charge on any atom is -0.302 e. The van der Waals surface area contributed by atoms with Crippen molar-refractivity contribution in [3.05, 3.63) is 57.2 Å². The molecule has 0 saturated heterocycles. The molecule has 23 heavy (non-hydrogen) atoms. The summed E-state index contributed by atoms with van der Waals surface area (Å²) in [6.07, 6.45) is 4.51. The van der Waals surface area contributed by atoms with Crippen molar-refractivity contribution in [2.75, 3.05) is 6.54 Å². The lowest BCUT2D eigenvalue weighted by Crippen LogP contribution is -2.34. The summed E-state index contributed by atoms with van der Waals surface area (Å²) < 4.78 is 2.26. The molecule has 0 bridgehead atoms. The zero-order valence-corrected chi connectivity index (χ0v) is 14.9. The highest BCUT2D eigenvalue weighted by molar-refractivity contribution is 7.10. The molecule has 120 valence electrons. The van der Waals surface area contributed by atoms with E-state index in [4.69, 9.17) is 4.98 Å². The minimum atomic E-state index is 0.542. The molecule has 4 heteroatoms. The molecule has 3 nitrogen and oxygen atoms in total. The van der Waals surface area contributed by atoms with Crippen molar-refractivity contribution < 1.29 is 0 Å². The zero-order valence-electron chi connectivity index (χ0n) is 14.0. The second-order valence-corrected chi connectivity index (χ2v) is 7.52. The Morgan fingerprint density at radius 3 is 3.00 bits per heavy atom. The summed E-state index contributed by atoms with van der Waals surface area (Å²) in [5.41, 5.74) is 6.37. The Labute approximate surface area is 141 Å². The average molecular weight is 325 g/mol. The molecule has 1 aliphatic heterocycles. The van der Waals surface area contributed by atoms with Gasteiger partial charge in [0.2, 0.25) is 0 Å². The van der Waals surface area contributed by atoms with Gasteiger partial charge in [0.15, 0.2) is 0 Å². The minimum absolute atomic E-state index is 0.542. The van der Waals surface area contributed by atoms with E-state index in [0.29, 0.717) is 6.04 Å². The topological polar surface area (TPSA) is 20.5 Å². The third kappa shape index (κ3) is 2.50. The number of rotatable bonds is 3. The van der Waals surface area contributed by atoms with Crippen LogP contribution in [0.3, 0.4) is 0 Å². The first kappa shape index (κ1) is 14.9. The smallest absolute Gasteiger partial charge is 0.137 e. The standard InChI is InChI=1S/C19H23N3S/c1-4-16-15-7-10-23-18(15)6-8-21(16)12-17-14(3)20-19-11-13(2)5-9-22(17)19/h5,7,9-11,16H,4,6,8,12H2,1-3H3. The van der Waals surface area contributed by atoms with Crippen molar-refractivity contribution in [2.24, 2.45) is 0 Å².